The van der Waals surface area contributed by atoms with Gasteiger partial charge in [0.25, 0.3) is 0 Å². The van der Waals surface area contributed by atoms with Gasteiger partial charge in [-0.1, -0.05) is 18.9 Å². The van der Waals surface area contributed by atoms with Crippen LogP contribution in [-0.2, 0) is 16.1 Å². The van der Waals surface area contributed by atoms with Gasteiger partial charge in [-0.3, -0.25) is 14.6 Å². The standard InChI is InChI=1S/C14H19N3O2/c18-13(16-9-11-4-3-7-15-8-11)10-17-14(19)12-5-1-2-6-12/h3-4,7-8,12H,1-2,5-6,9-10H2,(H,16,18)(H,17,19). The fourth-order valence-electron chi connectivity index (χ4n) is 2.27. The van der Waals surface area contributed by atoms with Gasteiger partial charge in [-0.15, -0.1) is 0 Å². The molecule has 0 radical (unpaired) electrons. The molecule has 0 spiro atoms. The first-order chi connectivity index (χ1) is 9.25. The number of nitrogens with one attached hydrogen (secondary N) is 2. The first-order valence-corrected chi connectivity index (χ1v) is 6.69. The molecular formula is C14H19N3O2. The van der Waals surface area contributed by atoms with E-state index in [1.165, 1.54) is 0 Å². The largest absolute Gasteiger partial charge is 0.350 e. The van der Waals surface area contributed by atoms with Gasteiger partial charge in [0.15, 0.2) is 0 Å². The van der Waals surface area contributed by atoms with Crippen LogP contribution >= 0.6 is 0 Å². The van der Waals surface area contributed by atoms with Crippen molar-refractivity contribution in [2.24, 2.45) is 5.92 Å². The summed E-state index contributed by atoms with van der Waals surface area (Å²) >= 11 is 0. The highest BCUT2D eigenvalue weighted by atomic mass is 16.2. The fraction of sp³-hybridized carbons (Fsp3) is 0.500. The lowest BCUT2D eigenvalue weighted by Crippen LogP contribution is -2.38. The summed E-state index contributed by atoms with van der Waals surface area (Å²) in [6.45, 7) is 0.488. The number of hydrogen-bond donors (Lipinski definition) is 2. The van der Waals surface area contributed by atoms with E-state index in [9.17, 15) is 9.59 Å². The SMILES string of the molecule is O=C(CNC(=O)C1CCCC1)NCc1cccnc1. The average Bonchev–Trinajstić information content (AvgIpc) is 2.98. The quantitative estimate of drug-likeness (QED) is 0.830. The second kappa shape index (κ2) is 6.87. The molecule has 1 saturated carbocycles. The van der Waals surface area contributed by atoms with Crippen LogP contribution in [0.15, 0.2) is 24.5 Å². The highest BCUT2D eigenvalue weighted by molar-refractivity contribution is 5.85. The zero-order valence-electron chi connectivity index (χ0n) is 10.9. The Morgan fingerprint density at radius 2 is 2.05 bits per heavy atom. The minimum atomic E-state index is -0.171. The molecule has 19 heavy (non-hydrogen) atoms. The molecule has 2 rings (SSSR count). The molecule has 0 atom stereocenters. The van der Waals surface area contributed by atoms with Crippen molar-refractivity contribution in [2.75, 3.05) is 6.54 Å². The number of rotatable bonds is 5. The predicted octanol–water partition coefficient (Wildman–Crippen LogP) is 1.00. The maximum atomic E-state index is 11.7. The molecule has 1 aliphatic rings. The van der Waals surface area contributed by atoms with Crippen LogP contribution < -0.4 is 10.6 Å². The Balaban J connectivity index is 1.65. The Hall–Kier alpha value is -1.91. The van der Waals surface area contributed by atoms with Gasteiger partial charge in [-0.25, -0.2) is 0 Å². The molecule has 5 nitrogen and oxygen atoms in total. The minimum Gasteiger partial charge on any atom is -0.350 e. The van der Waals surface area contributed by atoms with Crippen LogP contribution in [0.25, 0.3) is 0 Å². The maximum absolute atomic E-state index is 11.7. The number of aromatic nitrogens is 1. The first-order valence-electron chi connectivity index (χ1n) is 6.69. The molecule has 102 valence electrons. The number of amides is 2. The zero-order chi connectivity index (χ0) is 13.5. The van der Waals surface area contributed by atoms with E-state index in [0.717, 1.165) is 31.2 Å². The lowest BCUT2D eigenvalue weighted by atomic mass is 10.1. The molecule has 1 aromatic rings. The summed E-state index contributed by atoms with van der Waals surface area (Å²) in [6, 6.07) is 3.72. The lowest BCUT2D eigenvalue weighted by Gasteiger charge is -2.10. The van der Waals surface area contributed by atoms with Gasteiger partial charge in [0.1, 0.15) is 0 Å². The van der Waals surface area contributed by atoms with Gasteiger partial charge < -0.3 is 10.6 Å². The summed E-state index contributed by atoms with van der Waals surface area (Å²) in [4.78, 5) is 27.3. The summed E-state index contributed by atoms with van der Waals surface area (Å²) in [7, 11) is 0. The van der Waals surface area contributed by atoms with Crippen LogP contribution in [0.2, 0.25) is 0 Å². The number of nitrogens with zero attached hydrogens (tertiary/aromatic N) is 1. The molecule has 2 amide bonds. The van der Waals surface area contributed by atoms with Crippen LogP contribution in [0.5, 0.6) is 0 Å². The van der Waals surface area contributed by atoms with Gasteiger partial charge >= 0.3 is 0 Å². The third-order valence-corrected chi connectivity index (χ3v) is 3.36. The van der Waals surface area contributed by atoms with Crippen molar-refractivity contribution in [1.29, 1.82) is 0 Å². The van der Waals surface area contributed by atoms with E-state index in [-0.39, 0.29) is 24.3 Å². The fourth-order valence-corrected chi connectivity index (χ4v) is 2.27. The molecule has 1 fully saturated rings. The third kappa shape index (κ3) is 4.35. The van der Waals surface area contributed by atoms with E-state index in [0.29, 0.717) is 6.54 Å². The van der Waals surface area contributed by atoms with E-state index in [4.69, 9.17) is 0 Å². The van der Waals surface area contributed by atoms with Crippen molar-refractivity contribution in [3.05, 3.63) is 30.1 Å². The van der Waals surface area contributed by atoms with Crippen LogP contribution in [0.4, 0.5) is 0 Å². The van der Waals surface area contributed by atoms with Crippen LogP contribution in [0.1, 0.15) is 31.2 Å². The normalized spacial score (nSPS) is 15.2. The average molecular weight is 261 g/mol. The number of hydrogen-bond acceptors (Lipinski definition) is 3. The number of carbonyl (C=O) groups is 2. The van der Waals surface area contributed by atoms with Crippen molar-refractivity contribution < 1.29 is 9.59 Å². The van der Waals surface area contributed by atoms with Crippen LogP contribution in [-0.4, -0.2) is 23.3 Å². The molecule has 5 heteroatoms. The van der Waals surface area contributed by atoms with Crippen molar-refractivity contribution in [3.8, 4) is 0 Å². The second-order valence-electron chi connectivity index (χ2n) is 4.84. The van der Waals surface area contributed by atoms with Crippen molar-refractivity contribution >= 4 is 11.8 Å². The molecule has 0 aromatic carbocycles. The van der Waals surface area contributed by atoms with Crippen molar-refractivity contribution in [1.82, 2.24) is 15.6 Å². The maximum Gasteiger partial charge on any atom is 0.239 e. The summed E-state index contributed by atoms with van der Waals surface area (Å²) < 4.78 is 0. The number of carbonyl (C=O) groups excluding carboxylic acids is 2. The molecule has 0 bridgehead atoms. The molecule has 2 N–H and O–H groups in total. The van der Waals surface area contributed by atoms with E-state index < -0.39 is 0 Å². The van der Waals surface area contributed by atoms with E-state index >= 15 is 0 Å². The molecule has 0 unspecified atom stereocenters. The van der Waals surface area contributed by atoms with Crippen LogP contribution in [0.3, 0.4) is 0 Å². The van der Waals surface area contributed by atoms with Crippen molar-refractivity contribution in [2.45, 2.75) is 32.2 Å². The predicted molar refractivity (Wildman–Crippen MR) is 71.1 cm³/mol. The lowest BCUT2D eigenvalue weighted by molar-refractivity contribution is -0.128. The summed E-state index contributed by atoms with van der Waals surface area (Å²) in [5.41, 5.74) is 0.943. The smallest absolute Gasteiger partial charge is 0.239 e. The summed E-state index contributed by atoms with van der Waals surface area (Å²) in [6.07, 6.45) is 7.52. The topological polar surface area (TPSA) is 71.1 Å². The zero-order valence-corrected chi connectivity index (χ0v) is 10.9. The molecule has 0 saturated heterocycles. The highest BCUT2D eigenvalue weighted by Gasteiger charge is 2.22. The van der Waals surface area contributed by atoms with Crippen molar-refractivity contribution in [3.63, 3.8) is 0 Å². The van der Waals surface area contributed by atoms with E-state index in [2.05, 4.69) is 15.6 Å². The van der Waals surface area contributed by atoms with Gasteiger partial charge in [0.2, 0.25) is 11.8 Å². The van der Waals surface area contributed by atoms with Crippen LogP contribution in [0, 0.1) is 5.92 Å². The third-order valence-electron chi connectivity index (χ3n) is 3.36. The molecule has 1 heterocycles. The Labute approximate surface area is 112 Å². The summed E-state index contributed by atoms with van der Waals surface area (Å²) in [5, 5.41) is 5.45. The van der Waals surface area contributed by atoms with E-state index in [1.54, 1.807) is 12.4 Å². The van der Waals surface area contributed by atoms with E-state index in [1.807, 2.05) is 12.1 Å². The Kier molecular flexibility index (Phi) is 4.89. The second-order valence-corrected chi connectivity index (χ2v) is 4.84. The van der Waals surface area contributed by atoms with Gasteiger partial charge in [-0.05, 0) is 24.5 Å². The van der Waals surface area contributed by atoms with Gasteiger partial charge in [-0.2, -0.15) is 0 Å². The molecule has 1 aromatic heterocycles. The highest BCUT2D eigenvalue weighted by Crippen LogP contribution is 2.24. The monoisotopic (exact) mass is 261 g/mol. The molecule has 1 aliphatic carbocycles. The first kappa shape index (κ1) is 13.5. The Morgan fingerprint density at radius 3 is 2.74 bits per heavy atom. The summed E-state index contributed by atoms with van der Waals surface area (Å²) in [5.74, 6) is -0.0599. The Bertz CT molecular complexity index is 428. The van der Waals surface area contributed by atoms with Gasteiger partial charge in [0.05, 0.1) is 6.54 Å². The number of pyridine rings is 1. The molecule has 0 aliphatic heterocycles. The molecular weight excluding hydrogens is 242 g/mol. The minimum absolute atomic E-state index is 0.00836. The van der Waals surface area contributed by atoms with Gasteiger partial charge in [0, 0.05) is 24.9 Å². The Morgan fingerprint density at radius 1 is 1.26 bits per heavy atom.